The number of carbonyl (C=O) groups is 1. The van der Waals surface area contributed by atoms with E-state index in [4.69, 9.17) is 5.73 Å². The Kier molecular flexibility index (Phi) is 7.54. The highest BCUT2D eigenvalue weighted by molar-refractivity contribution is 6.43. The van der Waals surface area contributed by atoms with Gasteiger partial charge in [-0.15, -0.1) is 0 Å². The zero-order valence-corrected chi connectivity index (χ0v) is 13.0. The first-order valence-corrected chi connectivity index (χ1v) is 7.45. The highest BCUT2D eigenvalue weighted by Crippen LogP contribution is 2.08. The summed E-state index contributed by atoms with van der Waals surface area (Å²) in [5.74, 6) is -1.35. The standard InChI is InChI=1S/C15H25BN2O4/c1-10(2)8-13(16(21)22)18-15(20)14(19)12(17)9-11-6-4-3-5-7-11/h3-7,10,12-14,19,21-22H,8-9,17H2,1-2H3,(H,18,20). The summed E-state index contributed by atoms with van der Waals surface area (Å²) in [5, 5.41) is 31.0. The summed E-state index contributed by atoms with van der Waals surface area (Å²) in [6.45, 7) is 3.80. The van der Waals surface area contributed by atoms with Crippen LogP contribution in [0.4, 0.5) is 0 Å². The van der Waals surface area contributed by atoms with Crippen LogP contribution in [0.2, 0.25) is 0 Å². The number of hydrogen-bond donors (Lipinski definition) is 5. The van der Waals surface area contributed by atoms with Gasteiger partial charge in [-0.05, 0) is 24.3 Å². The number of carbonyl (C=O) groups excluding carboxylic acids is 1. The summed E-state index contributed by atoms with van der Waals surface area (Å²) in [6, 6.07) is 8.55. The van der Waals surface area contributed by atoms with E-state index in [1.54, 1.807) is 0 Å². The predicted molar refractivity (Wildman–Crippen MR) is 85.7 cm³/mol. The van der Waals surface area contributed by atoms with E-state index in [2.05, 4.69) is 5.32 Å². The summed E-state index contributed by atoms with van der Waals surface area (Å²) in [4.78, 5) is 12.0. The van der Waals surface area contributed by atoms with Crippen LogP contribution in [0.1, 0.15) is 25.8 Å². The molecule has 0 saturated carbocycles. The molecule has 0 aliphatic carbocycles. The van der Waals surface area contributed by atoms with Crippen molar-refractivity contribution in [3.05, 3.63) is 35.9 Å². The van der Waals surface area contributed by atoms with Gasteiger partial charge in [-0.2, -0.15) is 0 Å². The van der Waals surface area contributed by atoms with Crippen LogP contribution in [0.5, 0.6) is 0 Å². The number of aliphatic hydroxyl groups is 1. The third-order valence-corrected chi connectivity index (χ3v) is 3.40. The number of amides is 1. The molecule has 0 bridgehead atoms. The molecule has 7 heteroatoms. The van der Waals surface area contributed by atoms with Crippen molar-refractivity contribution in [3.63, 3.8) is 0 Å². The van der Waals surface area contributed by atoms with Gasteiger partial charge in [0.05, 0.1) is 5.94 Å². The van der Waals surface area contributed by atoms with Gasteiger partial charge in [0.1, 0.15) is 6.10 Å². The lowest BCUT2D eigenvalue weighted by molar-refractivity contribution is -0.130. The fourth-order valence-electron chi connectivity index (χ4n) is 2.22. The third-order valence-electron chi connectivity index (χ3n) is 3.40. The van der Waals surface area contributed by atoms with E-state index in [0.717, 1.165) is 5.56 Å². The van der Waals surface area contributed by atoms with Crippen LogP contribution in [0.25, 0.3) is 0 Å². The van der Waals surface area contributed by atoms with Crippen molar-refractivity contribution in [2.45, 2.75) is 44.8 Å². The molecule has 1 amide bonds. The number of aliphatic hydroxyl groups excluding tert-OH is 1. The minimum atomic E-state index is -1.68. The second-order valence-corrected chi connectivity index (χ2v) is 5.96. The normalized spacial score (nSPS) is 15.2. The lowest BCUT2D eigenvalue weighted by Crippen LogP contribution is -2.54. The molecule has 122 valence electrons. The number of rotatable bonds is 8. The maximum atomic E-state index is 12.0. The van der Waals surface area contributed by atoms with E-state index >= 15 is 0 Å². The summed E-state index contributed by atoms with van der Waals surface area (Å²) < 4.78 is 0. The first-order chi connectivity index (χ1) is 10.3. The molecule has 0 aliphatic rings. The Labute approximate surface area is 131 Å². The molecule has 0 saturated heterocycles. The van der Waals surface area contributed by atoms with Crippen LogP contribution in [0, 0.1) is 5.92 Å². The molecular weight excluding hydrogens is 283 g/mol. The average molecular weight is 308 g/mol. The highest BCUT2D eigenvalue weighted by atomic mass is 16.4. The molecule has 1 aromatic rings. The lowest BCUT2D eigenvalue weighted by Gasteiger charge is -2.24. The topological polar surface area (TPSA) is 116 Å². The van der Waals surface area contributed by atoms with Gasteiger partial charge in [-0.3, -0.25) is 4.79 Å². The molecule has 3 unspecified atom stereocenters. The van der Waals surface area contributed by atoms with Crippen LogP contribution in [0.15, 0.2) is 30.3 Å². The van der Waals surface area contributed by atoms with E-state index in [-0.39, 0.29) is 5.92 Å². The molecular formula is C15H25BN2O4. The van der Waals surface area contributed by atoms with Crippen molar-refractivity contribution < 1.29 is 19.9 Å². The number of hydrogen-bond acceptors (Lipinski definition) is 5. The van der Waals surface area contributed by atoms with Crippen molar-refractivity contribution in [2.75, 3.05) is 0 Å². The van der Waals surface area contributed by atoms with Gasteiger partial charge in [-0.1, -0.05) is 44.2 Å². The molecule has 0 radical (unpaired) electrons. The molecule has 0 spiro atoms. The van der Waals surface area contributed by atoms with Gasteiger partial charge in [-0.25, -0.2) is 0 Å². The van der Waals surface area contributed by atoms with Crippen LogP contribution >= 0.6 is 0 Å². The van der Waals surface area contributed by atoms with Gasteiger partial charge < -0.3 is 26.2 Å². The van der Waals surface area contributed by atoms with Crippen LogP contribution < -0.4 is 11.1 Å². The largest absolute Gasteiger partial charge is 0.475 e. The molecule has 0 aromatic heterocycles. The van der Waals surface area contributed by atoms with Crippen molar-refractivity contribution in [3.8, 4) is 0 Å². The van der Waals surface area contributed by atoms with Crippen LogP contribution in [-0.2, 0) is 11.2 Å². The van der Waals surface area contributed by atoms with Crippen LogP contribution in [0.3, 0.4) is 0 Å². The Morgan fingerprint density at radius 2 is 1.86 bits per heavy atom. The number of nitrogens with two attached hydrogens (primary N) is 1. The summed E-state index contributed by atoms with van der Waals surface area (Å²) in [7, 11) is -1.68. The van der Waals surface area contributed by atoms with Crippen molar-refractivity contribution >= 4 is 13.0 Å². The third kappa shape index (κ3) is 6.15. The van der Waals surface area contributed by atoms with Gasteiger partial charge in [0.15, 0.2) is 0 Å². The Morgan fingerprint density at radius 1 is 1.27 bits per heavy atom. The Bertz CT molecular complexity index is 456. The molecule has 1 rings (SSSR count). The van der Waals surface area contributed by atoms with E-state index in [0.29, 0.717) is 12.8 Å². The lowest BCUT2D eigenvalue weighted by atomic mass is 9.75. The Morgan fingerprint density at radius 3 is 2.36 bits per heavy atom. The van der Waals surface area contributed by atoms with Crippen molar-refractivity contribution in [1.29, 1.82) is 0 Å². The fraction of sp³-hybridized carbons (Fsp3) is 0.533. The van der Waals surface area contributed by atoms with E-state index < -0.39 is 31.1 Å². The molecule has 0 aliphatic heterocycles. The average Bonchev–Trinajstić information content (AvgIpc) is 2.46. The second-order valence-electron chi connectivity index (χ2n) is 5.96. The predicted octanol–water partition coefficient (Wildman–Crippen LogP) is -0.540. The molecule has 3 atom stereocenters. The Hall–Kier alpha value is -1.41. The first kappa shape index (κ1) is 18.6. The number of nitrogens with one attached hydrogen (secondary N) is 1. The minimum Gasteiger partial charge on any atom is -0.426 e. The van der Waals surface area contributed by atoms with Crippen molar-refractivity contribution in [1.82, 2.24) is 5.32 Å². The van der Waals surface area contributed by atoms with Gasteiger partial charge in [0.2, 0.25) is 5.91 Å². The summed E-state index contributed by atoms with van der Waals surface area (Å²) in [5.41, 5.74) is 6.79. The first-order valence-electron chi connectivity index (χ1n) is 7.45. The monoisotopic (exact) mass is 308 g/mol. The quantitative estimate of drug-likeness (QED) is 0.414. The zero-order valence-electron chi connectivity index (χ0n) is 13.0. The van der Waals surface area contributed by atoms with E-state index in [1.807, 2.05) is 44.2 Å². The summed E-state index contributed by atoms with van der Waals surface area (Å²) >= 11 is 0. The molecule has 1 aromatic carbocycles. The maximum absolute atomic E-state index is 12.0. The molecule has 22 heavy (non-hydrogen) atoms. The smallest absolute Gasteiger partial charge is 0.426 e. The van der Waals surface area contributed by atoms with Gasteiger partial charge >= 0.3 is 7.12 Å². The molecule has 6 nitrogen and oxygen atoms in total. The highest BCUT2D eigenvalue weighted by Gasteiger charge is 2.30. The fourth-order valence-corrected chi connectivity index (χ4v) is 2.22. The van der Waals surface area contributed by atoms with Crippen molar-refractivity contribution in [2.24, 2.45) is 11.7 Å². The van der Waals surface area contributed by atoms with Gasteiger partial charge in [0.25, 0.3) is 0 Å². The minimum absolute atomic E-state index is 0.169. The molecule has 0 fully saturated rings. The Balaban J connectivity index is 2.59. The molecule has 6 N–H and O–H groups in total. The van der Waals surface area contributed by atoms with E-state index in [1.165, 1.54) is 0 Å². The van der Waals surface area contributed by atoms with Gasteiger partial charge in [0, 0.05) is 6.04 Å². The SMILES string of the molecule is CC(C)CC(NC(=O)C(O)C(N)Cc1ccccc1)B(O)O. The molecule has 0 heterocycles. The maximum Gasteiger partial charge on any atom is 0.475 e. The van der Waals surface area contributed by atoms with E-state index in [9.17, 15) is 19.9 Å². The zero-order chi connectivity index (χ0) is 16.7. The summed E-state index contributed by atoms with van der Waals surface area (Å²) in [6.07, 6.45) is -0.663. The number of benzene rings is 1. The van der Waals surface area contributed by atoms with Crippen LogP contribution in [-0.4, -0.2) is 46.3 Å². The second kappa shape index (κ2) is 8.90.